The maximum absolute atomic E-state index is 12.0. The Hall–Kier alpha value is -2.90. The van der Waals surface area contributed by atoms with Gasteiger partial charge >= 0.3 is 5.97 Å². The maximum atomic E-state index is 12.0. The first kappa shape index (κ1) is 16.9. The first-order valence-corrected chi connectivity index (χ1v) is 11.6. The Kier molecular flexibility index (Phi) is 4.69. The van der Waals surface area contributed by atoms with Crippen LogP contribution >= 0.6 is 0 Å². The molecule has 1 aliphatic heterocycles. The zero-order valence-electron chi connectivity index (χ0n) is 14.5. The molecular weight excluding hydrogens is 326 g/mol. The molecule has 0 fully saturated rings. The van der Waals surface area contributed by atoms with Crippen molar-refractivity contribution in [1.82, 2.24) is 0 Å². The summed E-state index contributed by atoms with van der Waals surface area (Å²) in [5.41, 5.74) is 6.30. The van der Waals surface area contributed by atoms with Gasteiger partial charge in [0.05, 0.1) is 0 Å². The number of nitrogens with zero attached hydrogens (tertiary/aromatic N) is 1. The second-order valence-corrected chi connectivity index (χ2v) is 11.6. The summed E-state index contributed by atoms with van der Waals surface area (Å²) >= 11 is 0. The van der Waals surface area contributed by atoms with E-state index in [-0.39, 0.29) is 0 Å². The predicted molar refractivity (Wildman–Crippen MR) is 104 cm³/mol. The van der Waals surface area contributed by atoms with Crippen LogP contribution in [0.25, 0.3) is 6.08 Å². The summed E-state index contributed by atoms with van der Waals surface area (Å²) in [5.74, 6) is 3.13. The molecule has 2 aromatic rings. The molecule has 0 amide bonds. The van der Waals surface area contributed by atoms with Crippen LogP contribution in [0.2, 0.25) is 19.6 Å². The topological polar surface area (TPSA) is 38.7 Å². The Morgan fingerprint density at radius 3 is 2.32 bits per heavy atom. The summed E-state index contributed by atoms with van der Waals surface area (Å²) in [6.45, 7) is 6.65. The summed E-state index contributed by atoms with van der Waals surface area (Å²) in [7, 11) is -1.38. The highest BCUT2D eigenvalue weighted by atomic mass is 28.3. The lowest BCUT2D eigenvalue weighted by molar-refractivity contribution is -0.129. The van der Waals surface area contributed by atoms with Crippen molar-refractivity contribution < 1.29 is 9.53 Å². The molecule has 1 aliphatic rings. The molecule has 2 aromatic carbocycles. The van der Waals surface area contributed by atoms with Crippen molar-refractivity contribution in [1.29, 1.82) is 0 Å². The minimum Gasteiger partial charge on any atom is -0.402 e. The number of hydrogen-bond donors (Lipinski definition) is 0. The number of carbonyl (C=O) groups is 1. The second-order valence-electron chi connectivity index (χ2n) is 6.82. The molecule has 4 heteroatoms. The fourth-order valence-electron chi connectivity index (χ4n) is 2.19. The van der Waals surface area contributed by atoms with Crippen molar-refractivity contribution in [2.45, 2.75) is 19.6 Å². The molecule has 25 heavy (non-hydrogen) atoms. The lowest BCUT2D eigenvalue weighted by Crippen LogP contribution is -2.16. The monoisotopic (exact) mass is 345 g/mol. The second kappa shape index (κ2) is 6.92. The van der Waals surface area contributed by atoms with E-state index in [2.05, 4.69) is 36.1 Å². The van der Waals surface area contributed by atoms with Crippen LogP contribution in [-0.4, -0.2) is 19.9 Å². The molecule has 0 bridgehead atoms. The molecule has 0 aliphatic carbocycles. The van der Waals surface area contributed by atoms with Crippen LogP contribution in [-0.2, 0) is 9.53 Å². The number of benzene rings is 2. The van der Waals surface area contributed by atoms with Crippen molar-refractivity contribution in [3.05, 3.63) is 77.0 Å². The molecule has 3 nitrogen and oxygen atoms in total. The molecule has 0 radical (unpaired) electrons. The summed E-state index contributed by atoms with van der Waals surface area (Å²) in [6.07, 6.45) is 1.73. The average molecular weight is 345 g/mol. The highest BCUT2D eigenvalue weighted by molar-refractivity contribution is 6.83. The number of esters is 1. The number of cyclic esters (lactones) is 1. The number of hydrogen-bond acceptors (Lipinski definition) is 3. The third-order valence-corrected chi connectivity index (χ3v) is 4.31. The lowest BCUT2D eigenvalue weighted by Gasteiger charge is -2.03. The van der Waals surface area contributed by atoms with Gasteiger partial charge in [-0.05, 0) is 35.9 Å². The van der Waals surface area contributed by atoms with Gasteiger partial charge in [-0.25, -0.2) is 9.79 Å². The van der Waals surface area contributed by atoms with Crippen LogP contribution in [0.1, 0.15) is 16.7 Å². The fraction of sp³-hybridized carbons (Fsp3) is 0.143. The van der Waals surface area contributed by atoms with E-state index in [4.69, 9.17) is 4.74 Å². The molecule has 0 saturated heterocycles. The van der Waals surface area contributed by atoms with Crippen molar-refractivity contribution in [2.24, 2.45) is 4.99 Å². The summed E-state index contributed by atoms with van der Waals surface area (Å²) in [4.78, 5) is 16.3. The van der Waals surface area contributed by atoms with Crippen LogP contribution in [0.15, 0.2) is 65.3 Å². The van der Waals surface area contributed by atoms with Gasteiger partial charge in [-0.15, -0.1) is 5.54 Å². The minimum atomic E-state index is -1.38. The quantitative estimate of drug-likeness (QED) is 0.353. The third kappa shape index (κ3) is 4.56. The Bertz CT molecular complexity index is 908. The standard InChI is InChI=1S/C21H19NO2Si/c1-25(2,3)14-13-16-9-11-17(12-10-16)15-19-21(23)24-20(22-19)18-7-5-4-6-8-18/h4-12,15H,1-3H3/b19-15-. The zero-order chi connectivity index (χ0) is 17.9. The molecular formula is C21H19NO2Si. The van der Waals surface area contributed by atoms with Gasteiger partial charge in [-0.3, -0.25) is 0 Å². The average Bonchev–Trinajstić information content (AvgIpc) is 2.95. The zero-order valence-corrected chi connectivity index (χ0v) is 15.5. The van der Waals surface area contributed by atoms with Gasteiger partial charge in [0.2, 0.25) is 5.90 Å². The molecule has 1 heterocycles. The van der Waals surface area contributed by atoms with Crippen molar-refractivity contribution in [3.8, 4) is 11.5 Å². The van der Waals surface area contributed by atoms with Gasteiger partial charge in [0, 0.05) is 11.1 Å². The number of carbonyl (C=O) groups excluding carboxylic acids is 1. The molecule has 0 N–H and O–H groups in total. The lowest BCUT2D eigenvalue weighted by atomic mass is 10.1. The van der Waals surface area contributed by atoms with E-state index >= 15 is 0 Å². The molecule has 0 unspecified atom stereocenters. The fourth-order valence-corrected chi connectivity index (χ4v) is 2.71. The van der Waals surface area contributed by atoms with E-state index < -0.39 is 14.0 Å². The van der Waals surface area contributed by atoms with Crippen molar-refractivity contribution in [2.75, 3.05) is 0 Å². The maximum Gasteiger partial charge on any atom is 0.363 e. The van der Waals surface area contributed by atoms with Gasteiger partial charge in [-0.2, -0.15) is 0 Å². The Morgan fingerprint density at radius 2 is 1.68 bits per heavy atom. The van der Waals surface area contributed by atoms with Gasteiger partial charge in [0.25, 0.3) is 0 Å². The highest BCUT2D eigenvalue weighted by Crippen LogP contribution is 2.19. The van der Waals surface area contributed by atoms with Gasteiger partial charge in [0.1, 0.15) is 8.07 Å². The molecule has 0 atom stereocenters. The van der Waals surface area contributed by atoms with Crippen LogP contribution in [0.5, 0.6) is 0 Å². The summed E-state index contributed by atoms with van der Waals surface area (Å²) in [5, 5.41) is 0. The Morgan fingerprint density at radius 1 is 1.00 bits per heavy atom. The number of ether oxygens (including phenoxy) is 1. The normalized spacial score (nSPS) is 15.4. The van der Waals surface area contributed by atoms with E-state index in [0.29, 0.717) is 11.6 Å². The first-order valence-electron chi connectivity index (χ1n) is 8.12. The molecule has 0 aromatic heterocycles. The SMILES string of the molecule is C[Si](C)(C)C#Cc1ccc(/C=C2\N=C(c3ccccc3)OC2=O)cc1. The van der Waals surface area contributed by atoms with Gasteiger partial charge < -0.3 is 4.74 Å². The van der Waals surface area contributed by atoms with E-state index in [1.54, 1.807) is 6.08 Å². The largest absolute Gasteiger partial charge is 0.402 e. The smallest absolute Gasteiger partial charge is 0.363 e. The van der Waals surface area contributed by atoms with E-state index in [1.807, 2.05) is 54.6 Å². The number of rotatable bonds is 2. The summed E-state index contributed by atoms with van der Waals surface area (Å²) in [6, 6.07) is 17.2. The van der Waals surface area contributed by atoms with E-state index in [0.717, 1.165) is 16.7 Å². The minimum absolute atomic E-state index is 0.305. The number of aliphatic imine (C=N–C) groups is 1. The molecule has 3 rings (SSSR count). The van der Waals surface area contributed by atoms with Crippen molar-refractivity contribution >= 4 is 26.0 Å². The third-order valence-electron chi connectivity index (χ3n) is 3.44. The molecule has 124 valence electrons. The van der Waals surface area contributed by atoms with E-state index in [9.17, 15) is 4.79 Å². The van der Waals surface area contributed by atoms with Crippen molar-refractivity contribution in [3.63, 3.8) is 0 Å². The van der Waals surface area contributed by atoms with Crippen LogP contribution < -0.4 is 0 Å². The Balaban J connectivity index is 1.82. The van der Waals surface area contributed by atoms with Gasteiger partial charge in [0.15, 0.2) is 5.70 Å². The predicted octanol–water partition coefficient (Wildman–Crippen LogP) is 4.26. The van der Waals surface area contributed by atoms with Crippen LogP contribution in [0, 0.1) is 11.5 Å². The molecule has 0 spiro atoms. The summed E-state index contributed by atoms with van der Waals surface area (Å²) < 4.78 is 5.26. The van der Waals surface area contributed by atoms with Crippen LogP contribution in [0.3, 0.4) is 0 Å². The van der Waals surface area contributed by atoms with Gasteiger partial charge in [-0.1, -0.05) is 55.9 Å². The highest BCUT2D eigenvalue weighted by Gasteiger charge is 2.23. The van der Waals surface area contributed by atoms with E-state index in [1.165, 1.54) is 0 Å². The first-order chi connectivity index (χ1) is 11.9. The van der Waals surface area contributed by atoms with Crippen LogP contribution in [0.4, 0.5) is 0 Å². The molecule has 0 saturated carbocycles. The Labute approximate surface area is 149 Å².